The molecule has 0 radical (unpaired) electrons. The number of carbonyl (C=O) groups is 2. The maximum absolute atomic E-state index is 11.9. The Balaban J connectivity index is 1.92. The quantitative estimate of drug-likeness (QED) is 0.891. The second-order valence-corrected chi connectivity index (χ2v) is 5.70. The zero-order valence-electron chi connectivity index (χ0n) is 10.6. The summed E-state index contributed by atoms with van der Waals surface area (Å²) in [5, 5.41) is 11.9. The Labute approximate surface area is 120 Å². The Morgan fingerprint density at radius 3 is 2.63 bits per heavy atom. The lowest BCUT2D eigenvalue weighted by Gasteiger charge is -2.22. The van der Waals surface area contributed by atoms with Crippen LogP contribution in [0.3, 0.4) is 0 Å². The van der Waals surface area contributed by atoms with Crippen LogP contribution < -0.4 is 5.32 Å². The molecule has 1 heterocycles. The SMILES string of the molecule is O=C(Cn1cc(C(=O)O)cc1Br)NC1CCCCC1. The predicted octanol–water partition coefficient (Wildman–Crippen LogP) is 2.40. The van der Waals surface area contributed by atoms with E-state index in [-0.39, 0.29) is 24.1 Å². The highest BCUT2D eigenvalue weighted by molar-refractivity contribution is 9.10. The molecule has 0 saturated heterocycles. The van der Waals surface area contributed by atoms with Crippen LogP contribution in [0, 0.1) is 0 Å². The Morgan fingerprint density at radius 1 is 1.37 bits per heavy atom. The van der Waals surface area contributed by atoms with Crippen molar-refractivity contribution >= 4 is 27.8 Å². The van der Waals surface area contributed by atoms with E-state index in [1.54, 1.807) is 4.57 Å². The summed E-state index contributed by atoms with van der Waals surface area (Å²) in [6.45, 7) is 0.143. The average Bonchev–Trinajstić information content (AvgIpc) is 2.72. The lowest BCUT2D eigenvalue weighted by molar-refractivity contribution is -0.122. The van der Waals surface area contributed by atoms with Crippen LogP contribution in [0.4, 0.5) is 0 Å². The monoisotopic (exact) mass is 328 g/mol. The molecule has 19 heavy (non-hydrogen) atoms. The van der Waals surface area contributed by atoms with E-state index in [0.717, 1.165) is 12.8 Å². The van der Waals surface area contributed by atoms with Crippen LogP contribution in [0.15, 0.2) is 16.9 Å². The van der Waals surface area contributed by atoms with Crippen molar-refractivity contribution in [2.24, 2.45) is 0 Å². The molecule has 1 aromatic rings. The van der Waals surface area contributed by atoms with Crippen LogP contribution in [-0.2, 0) is 11.3 Å². The Kier molecular flexibility index (Phi) is 4.63. The van der Waals surface area contributed by atoms with Crippen LogP contribution in [0.2, 0.25) is 0 Å². The number of rotatable bonds is 4. The molecule has 1 fully saturated rings. The van der Waals surface area contributed by atoms with Gasteiger partial charge in [0.05, 0.1) is 10.2 Å². The fraction of sp³-hybridized carbons (Fsp3) is 0.538. The van der Waals surface area contributed by atoms with Crippen LogP contribution in [0.5, 0.6) is 0 Å². The lowest BCUT2D eigenvalue weighted by Crippen LogP contribution is -2.38. The molecular formula is C13H17BrN2O3. The molecule has 0 bridgehead atoms. The Morgan fingerprint density at radius 2 is 2.05 bits per heavy atom. The molecule has 1 aliphatic carbocycles. The molecule has 0 aromatic carbocycles. The number of hydrogen-bond acceptors (Lipinski definition) is 2. The first-order valence-corrected chi connectivity index (χ1v) is 7.24. The van der Waals surface area contributed by atoms with Gasteiger partial charge in [0.1, 0.15) is 6.54 Å². The van der Waals surface area contributed by atoms with Gasteiger partial charge in [-0.15, -0.1) is 0 Å². The van der Waals surface area contributed by atoms with Crippen LogP contribution in [-0.4, -0.2) is 27.6 Å². The number of carbonyl (C=O) groups excluding carboxylic acids is 1. The molecule has 2 N–H and O–H groups in total. The van der Waals surface area contributed by atoms with E-state index >= 15 is 0 Å². The zero-order valence-corrected chi connectivity index (χ0v) is 12.1. The second kappa shape index (κ2) is 6.23. The molecule has 1 aliphatic rings. The van der Waals surface area contributed by atoms with E-state index in [2.05, 4.69) is 21.2 Å². The number of halogens is 1. The molecule has 0 spiro atoms. The van der Waals surface area contributed by atoms with E-state index in [0.29, 0.717) is 4.60 Å². The number of hydrogen-bond donors (Lipinski definition) is 2. The topological polar surface area (TPSA) is 71.3 Å². The van der Waals surface area contributed by atoms with Crippen molar-refractivity contribution in [2.45, 2.75) is 44.7 Å². The highest BCUT2D eigenvalue weighted by Gasteiger charge is 2.17. The van der Waals surface area contributed by atoms with Gasteiger partial charge in [-0.3, -0.25) is 4.79 Å². The van der Waals surface area contributed by atoms with Crippen molar-refractivity contribution in [1.29, 1.82) is 0 Å². The summed E-state index contributed by atoms with van der Waals surface area (Å²) < 4.78 is 2.20. The molecule has 1 amide bonds. The highest BCUT2D eigenvalue weighted by atomic mass is 79.9. The third-order valence-corrected chi connectivity index (χ3v) is 4.06. The third-order valence-electron chi connectivity index (χ3n) is 3.38. The van der Waals surface area contributed by atoms with Gasteiger partial charge in [-0.1, -0.05) is 19.3 Å². The van der Waals surface area contributed by atoms with Crippen LogP contribution in [0.25, 0.3) is 0 Å². The first kappa shape index (κ1) is 14.1. The summed E-state index contributed by atoms with van der Waals surface area (Å²) in [5.74, 6) is -1.06. The van der Waals surface area contributed by atoms with Crippen molar-refractivity contribution < 1.29 is 14.7 Å². The maximum Gasteiger partial charge on any atom is 0.337 e. The number of aromatic nitrogens is 1. The minimum Gasteiger partial charge on any atom is -0.478 e. The molecule has 1 aromatic heterocycles. The van der Waals surface area contributed by atoms with Gasteiger partial charge < -0.3 is 15.0 Å². The Hall–Kier alpha value is -1.30. The summed E-state index contributed by atoms with van der Waals surface area (Å²) in [6, 6.07) is 1.77. The first-order valence-electron chi connectivity index (χ1n) is 6.44. The summed E-state index contributed by atoms with van der Waals surface area (Å²) in [4.78, 5) is 22.7. The normalized spacial score (nSPS) is 16.3. The fourth-order valence-corrected chi connectivity index (χ4v) is 2.87. The molecule has 0 unspecified atom stereocenters. The van der Waals surface area contributed by atoms with Crippen LogP contribution >= 0.6 is 15.9 Å². The number of amides is 1. The van der Waals surface area contributed by atoms with E-state index in [4.69, 9.17) is 5.11 Å². The number of carboxylic acids is 1. The number of carboxylic acid groups (broad SMARTS) is 1. The molecule has 0 aliphatic heterocycles. The first-order chi connectivity index (χ1) is 9.06. The number of aromatic carboxylic acids is 1. The smallest absolute Gasteiger partial charge is 0.337 e. The molecular weight excluding hydrogens is 312 g/mol. The van der Waals surface area contributed by atoms with E-state index in [9.17, 15) is 9.59 Å². The van der Waals surface area contributed by atoms with Gasteiger partial charge in [-0.05, 0) is 34.8 Å². The number of nitrogens with one attached hydrogen (secondary N) is 1. The predicted molar refractivity (Wildman–Crippen MR) is 74.1 cm³/mol. The summed E-state index contributed by atoms with van der Waals surface area (Å²) in [5.41, 5.74) is 0.178. The van der Waals surface area contributed by atoms with Crippen molar-refractivity contribution in [1.82, 2.24) is 9.88 Å². The molecule has 0 atom stereocenters. The van der Waals surface area contributed by atoms with Crippen LogP contribution in [0.1, 0.15) is 42.5 Å². The zero-order chi connectivity index (χ0) is 13.8. The average molecular weight is 329 g/mol. The minimum absolute atomic E-state index is 0.0693. The molecule has 5 nitrogen and oxygen atoms in total. The largest absolute Gasteiger partial charge is 0.478 e. The van der Waals surface area contributed by atoms with Gasteiger partial charge in [0.25, 0.3) is 0 Å². The summed E-state index contributed by atoms with van der Waals surface area (Å²) >= 11 is 3.26. The van der Waals surface area contributed by atoms with E-state index in [1.807, 2.05) is 0 Å². The molecule has 104 valence electrons. The number of nitrogens with zero attached hydrogens (tertiary/aromatic N) is 1. The Bertz CT molecular complexity index is 478. The van der Waals surface area contributed by atoms with Crippen molar-refractivity contribution in [3.63, 3.8) is 0 Å². The van der Waals surface area contributed by atoms with Crippen molar-refractivity contribution in [3.8, 4) is 0 Å². The summed E-state index contributed by atoms with van der Waals surface area (Å²) in [6.07, 6.45) is 7.13. The standard InChI is InChI=1S/C13H17BrN2O3/c14-11-6-9(13(18)19)7-16(11)8-12(17)15-10-4-2-1-3-5-10/h6-7,10H,1-5,8H2,(H,15,17)(H,18,19). The molecule has 6 heteroatoms. The minimum atomic E-state index is -0.993. The van der Waals surface area contributed by atoms with E-state index in [1.165, 1.54) is 31.5 Å². The van der Waals surface area contributed by atoms with Gasteiger partial charge in [-0.2, -0.15) is 0 Å². The summed E-state index contributed by atoms with van der Waals surface area (Å²) in [7, 11) is 0. The van der Waals surface area contributed by atoms with Gasteiger partial charge in [0.15, 0.2) is 0 Å². The van der Waals surface area contributed by atoms with E-state index < -0.39 is 5.97 Å². The van der Waals surface area contributed by atoms with Crippen molar-refractivity contribution in [2.75, 3.05) is 0 Å². The third kappa shape index (κ3) is 3.83. The molecule has 2 rings (SSSR count). The van der Waals surface area contributed by atoms with Crippen molar-refractivity contribution in [3.05, 3.63) is 22.4 Å². The molecule has 1 saturated carbocycles. The fourth-order valence-electron chi connectivity index (χ4n) is 2.39. The van der Waals surface area contributed by atoms with Gasteiger partial charge in [-0.25, -0.2) is 4.79 Å². The maximum atomic E-state index is 11.9. The van der Waals surface area contributed by atoms with Gasteiger partial charge in [0.2, 0.25) is 5.91 Å². The van der Waals surface area contributed by atoms with Gasteiger partial charge in [0, 0.05) is 12.2 Å². The second-order valence-electron chi connectivity index (χ2n) is 4.89. The lowest BCUT2D eigenvalue weighted by atomic mass is 9.95. The highest BCUT2D eigenvalue weighted by Crippen LogP contribution is 2.18. The van der Waals surface area contributed by atoms with Gasteiger partial charge >= 0.3 is 5.97 Å².